The molecule has 2 amide bonds. The monoisotopic (exact) mass is 860 g/mol. The van der Waals surface area contributed by atoms with E-state index < -0.39 is 52.2 Å². The summed E-state index contributed by atoms with van der Waals surface area (Å²) in [5.41, 5.74) is 2.77. The van der Waals surface area contributed by atoms with Crippen molar-refractivity contribution in [3.63, 3.8) is 0 Å². The standard InChI is InChI=1S/C25H26N2O8S3.C13H18N2O3S/c1-18-4-10-21(11-5-18)36(29,30)26(3)37(31,32)22-14-8-20(9-15-22)27-17-16-24(25(27)28)35-38(33,34)23-12-6-19(2)7-13-23;1-3-10-8-9-15(13(10)16)11-4-6-12(7-5-11)19(17,18)14-2/h4-15,24H,16-17H2,1-3H3;4-7,10,14H,3,8-9H2,1-2H3/t24-;/m1./s1. The number of nitrogens with one attached hydrogen (secondary N) is 1. The van der Waals surface area contributed by atoms with Gasteiger partial charge in [0.2, 0.25) is 15.9 Å². The zero-order valence-electron chi connectivity index (χ0n) is 31.9. The lowest BCUT2D eigenvalue weighted by atomic mass is 10.1. The maximum atomic E-state index is 13.1. The van der Waals surface area contributed by atoms with E-state index in [0.717, 1.165) is 36.7 Å². The molecule has 6 rings (SSSR count). The minimum absolute atomic E-state index is 0.0615. The van der Waals surface area contributed by atoms with Crippen molar-refractivity contribution < 1.29 is 47.4 Å². The molecule has 2 saturated heterocycles. The van der Waals surface area contributed by atoms with Crippen LogP contribution >= 0.6 is 0 Å². The maximum Gasteiger partial charge on any atom is 0.297 e. The van der Waals surface area contributed by atoms with Crippen molar-refractivity contribution in [2.75, 3.05) is 37.0 Å². The van der Waals surface area contributed by atoms with Crippen molar-refractivity contribution >= 4 is 63.4 Å². The second-order valence-corrected chi connectivity index (χ2v) is 21.0. The number of anilines is 2. The number of carbonyl (C=O) groups is 2. The first-order valence-electron chi connectivity index (χ1n) is 17.8. The molecule has 4 aromatic carbocycles. The van der Waals surface area contributed by atoms with Gasteiger partial charge in [-0.05, 0) is 107 Å². The average Bonchev–Trinajstić information content (AvgIpc) is 3.75. The van der Waals surface area contributed by atoms with Crippen molar-refractivity contribution in [2.45, 2.75) is 65.7 Å². The lowest BCUT2D eigenvalue weighted by molar-refractivity contribution is -0.122. The normalized spacial score (nSPS) is 17.9. The number of carbonyl (C=O) groups excluding carboxylic acids is 2. The Labute approximate surface area is 334 Å². The van der Waals surface area contributed by atoms with Crippen LogP contribution in [0, 0.1) is 19.8 Å². The quantitative estimate of drug-likeness (QED) is 0.200. The van der Waals surface area contributed by atoms with Gasteiger partial charge in [0.25, 0.3) is 36.1 Å². The zero-order valence-corrected chi connectivity index (χ0v) is 35.2. The summed E-state index contributed by atoms with van der Waals surface area (Å²) in [5.74, 6) is -0.359. The smallest absolute Gasteiger partial charge is 0.297 e. The number of hydrogen-bond acceptors (Lipinski definition) is 11. The molecule has 2 fully saturated rings. The summed E-state index contributed by atoms with van der Waals surface area (Å²) in [7, 11) is -14.0. The molecule has 0 saturated carbocycles. The Bertz CT molecular complexity index is 2550. The van der Waals surface area contributed by atoms with Gasteiger partial charge in [-0.1, -0.05) is 46.0 Å². The minimum Gasteiger partial charge on any atom is -0.312 e. The van der Waals surface area contributed by atoms with E-state index in [1.165, 1.54) is 72.6 Å². The molecule has 0 aliphatic carbocycles. The third kappa shape index (κ3) is 9.46. The third-order valence-electron chi connectivity index (χ3n) is 9.69. The molecule has 0 bridgehead atoms. The summed E-state index contributed by atoms with van der Waals surface area (Å²) in [5, 5.41) is 0. The van der Waals surface area contributed by atoms with Crippen LogP contribution in [-0.2, 0) is 54.0 Å². The van der Waals surface area contributed by atoms with Crippen molar-refractivity contribution in [3.05, 3.63) is 108 Å². The second-order valence-electron chi connectivity index (χ2n) is 13.4. The number of benzene rings is 4. The number of amides is 2. The molecule has 1 N–H and O–H groups in total. The Morgan fingerprint density at radius 2 is 1.02 bits per heavy atom. The fraction of sp³-hybridized carbons (Fsp3) is 0.316. The van der Waals surface area contributed by atoms with E-state index in [4.69, 9.17) is 4.18 Å². The molecule has 4 aromatic rings. The van der Waals surface area contributed by atoms with Crippen LogP contribution in [0.25, 0.3) is 0 Å². The van der Waals surface area contributed by atoms with Gasteiger partial charge >= 0.3 is 0 Å². The van der Waals surface area contributed by atoms with E-state index in [-0.39, 0.29) is 44.4 Å². The Morgan fingerprint density at radius 3 is 1.46 bits per heavy atom. The van der Waals surface area contributed by atoms with Gasteiger partial charge in [-0.3, -0.25) is 13.8 Å². The average molecular weight is 861 g/mol. The van der Waals surface area contributed by atoms with Crippen molar-refractivity contribution in [3.8, 4) is 0 Å². The number of hydrogen-bond donors (Lipinski definition) is 1. The molecule has 2 aliphatic heterocycles. The van der Waals surface area contributed by atoms with E-state index in [2.05, 4.69) is 4.72 Å². The first-order valence-corrected chi connectivity index (χ1v) is 23.6. The molecule has 0 spiro atoms. The van der Waals surface area contributed by atoms with Crippen LogP contribution in [0.4, 0.5) is 11.4 Å². The van der Waals surface area contributed by atoms with Crippen LogP contribution in [0.5, 0.6) is 0 Å². The molecule has 2 heterocycles. The van der Waals surface area contributed by atoms with Crippen LogP contribution in [0.15, 0.2) is 117 Å². The van der Waals surface area contributed by atoms with E-state index in [0.29, 0.717) is 15.9 Å². The summed E-state index contributed by atoms with van der Waals surface area (Å²) >= 11 is 0. The zero-order chi connectivity index (χ0) is 41.9. The van der Waals surface area contributed by atoms with Gasteiger partial charge in [-0.15, -0.1) is 0 Å². The lowest BCUT2D eigenvalue weighted by Crippen LogP contribution is -2.33. The van der Waals surface area contributed by atoms with Gasteiger partial charge in [-0.2, -0.15) is 8.42 Å². The van der Waals surface area contributed by atoms with Crippen molar-refractivity contribution in [1.82, 2.24) is 8.43 Å². The fourth-order valence-electron chi connectivity index (χ4n) is 6.14. The highest BCUT2D eigenvalue weighted by atomic mass is 32.3. The van der Waals surface area contributed by atoms with Gasteiger partial charge in [-0.25, -0.2) is 30.0 Å². The highest BCUT2D eigenvalue weighted by Gasteiger charge is 2.38. The minimum atomic E-state index is -4.44. The number of sulfonamides is 3. The highest BCUT2D eigenvalue weighted by Crippen LogP contribution is 2.30. The molecule has 0 aromatic heterocycles. The molecule has 1 unspecified atom stereocenters. The summed E-state index contributed by atoms with van der Waals surface area (Å²) in [6, 6.07) is 23.3. The van der Waals surface area contributed by atoms with Gasteiger partial charge < -0.3 is 9.80 Å². The van der Waals surface area contributed by atoms with Crippen LogP contribution in [0.3, 0.4) is 0 Å². The number of aryl methyl sites for hydroxylation is 2. The summed E-state index contributed by atoms with van der Waals surface area (Å²) in [6.07, 6.45) is 0.602. The van der Waals surface area contributed by atoms with E-state index >= 15 is 0 Å². The van der Waals surface area contributed by atoms with Crippen LogP contribution in [-0.4, -0.2) is 82.5 Å². The van der Waals surface area contributed by atoms with Crippen molar-refractivity contribution in [2.24, 2.45) is 5.92 Å². The summed E-state index contributed by atoms with van der Waals surface area (Å²) in [4.78, 5) is 27.7. The predicted molar refractivity (Wildman–Crippen MR) is 213 cm³/mol. The van der Waals surface area contributed by atoms with E-state index in [1.807, 2.05) is 13.8 Å². The highest BCUT2D eigenvalue weighted by molar-refractivity contribution is 8.04. The van der Waals surface area contributed by atoms with Gasteiger partial charge in [0.15, 0.2) is 6.10 Å². The Kier molecular flexibility index (Phi) is 13.1. The lowest BCUT2D eigenvalue weighted by Gasteiger charge is -2.19. The fourth-order valence-corrected chi connectivity index (χ4v) is 11.0. The van der Waals surface area contributed by atoms with Gasteiger partial charge in [0, 0.05) is 43.9 Å². The maximum absolute atomic E-state index is 13.1. The van der Waals surface area contributed by atoms with E-state index in [9.17, 15) is 43.3 Å². The topological polar surface area (TPSA) is 202 Å². The summed E-state index contributed by atoms with van der Waals surface area (Å²) in [6.45, 7) is 6.46. The Balaban J connectivity index is 0.000000273. The van der Waals surface area contributed by atoms with Crippen LogP contribution < -0.4 is 14.5 Å². The van der Waals surface area contributed by atoms with Crippen molar-refractivity contribution in [1.29, 1.82) is 0 Å². The molecule has 0 radical (unpaired) electrons. The molecular formula is C38H44N4O11S4. The molecule has 15 nitrogen and oxygen atoms in total. The predicted octanol–water partition coefficient (Wildman–Crippen LogP) is 4.18. The second kappa shape index (κ2) is 17.2. The molecule has 57 heavy (non-hydrogen) atoms. The molecule has 2 atom stereocenters. The molecule has 19 heteroatoms. The molecular weight excluding hydrogens is 817 g/mol. The Hall–Kier alpha value is -4.50. The summed E-state index contributed by atoms with van der Waals surface area (Å²) < 4.78 is 108. The first kappa shape index (κ1) is 43.6. The van der Waals surface area contributed by atoms with Gasteiger partial charge in [0.1, 0.15) is 0 Å². The number of nitrogens with zero attached hydrogens (tertiary/aromatic N) is 3. The molecule has 306 valence electrons. The van der Waals surface area contributed by atoms with Crippen LogP contribution in [0.1, 0.15) is 37.3 Å². The third-order valence-corrected chi connectivity index (χ3v) is 16.7. The SMILES string of the molecule is CCC1CCN(c2ccc(S(=O)(=O)NC)cc2)C1=O.Cc1ccc(S(=O)(=O)O[C@@H]2CCN(c3ccc(S(=O)(=O)N(C)S(=O)(=O)c4ccc(C)cc4)cc3)C2=O)cc1. The molecule has 2 aliphatic rings. The van der Waals surface area contributed by atoms with Gasteiger partial charge in [0.05, 0.1) is 19.6 Å². The number of rotatable bonds is 12. The van der Waals surface area contributed by atoms with E-state index in [1.54, 1.807) is 48.2 Å². The van der Waals surface area contributed by atoms with Crippen LogP contribution in [0.2, 0.25) is 0 Å². The Morgan fingerprint density at radius 1 is 0.614 bits per heavy atom. The first-order chi connectivity index (χ1) is 26.7. The largest absolute Gasteiger partial charge is 0.312 e.